The van der Waals surface area contributed by atoms with E-state index in [-0.39, 0.29) is 16.1 Å². The highest BCUT2D eigenvalue weighted by atomic mass is 35.5. The molecule has 0 saturated carbocycles. The summed E-state index contributed by atoms with van der Waals surface area (Å²) in [6, 6.07) is 17.4. The lowest BCUT2D eigenvalue weighted by molar-refractivity contribution is 0.102. The van der Waals surface area contributed by atoms with E-state index in [1.807, 2.05) is 0 Å². The van der Waals surface area contributed by atoms with Gasteiger partial charge in [-0.25, -0.2) is 13.4 Å². The highest BCUT2D eigenvalue weighted by Crippen LogP contribution is 2.36. The first-order valence-corrected chi connectivity index (χ1v) is 11.6. The van der Waals surface area contributed by atoms with E-state index in [1.54, 1.807) is 48.5 Å². The highest BCUT2D eigenvalue weighted by Gasteiger charge is 2.16. The molecule has 0 fully saturated rings. The molecular formula is C20H13Cl2N3O3S2. The Bertz CT molecular complexity index is 1320. The number of hydrogen-bond acceptors (Lipinski definition) is 5. The van der Waals surface area contributed by atoms with Gasteiger partial charge in [-0.3, -0.25) is 14.8 Å². The van der Waals surface area contributed by atoms with Gasteiger partial charge >= 0.3 is 0 Å². The SMILES string of the molecule is O=C(Nc1nc2c(Cl)ccc(Cl)c2s1)c1cccc(NS(=O)(=O)c2ccccc2)c1. The molecule has 1 aromatic heterocycles. The molecule has 152 valence electrons. The van der Waals surface area contributed by atoms with E-state index in [4.69, 9.17) is 23.2 Å². The van der Waals surface area contributed by atoms with Crippen LogP contribution in [-0.4, -0.2) is 19.3 Å². The summed E-state index contributed by atoms with van der Waals surface area (Å²) in [5.41, 5.74) is 1.04. The zero-order chi connectivity index (χ0) is 21.3. The summed E-state index contributed by atoms with van der Waals surface area (Å²) in [6.07, 6.45) is 0. The Hall–Kier alpha value is -2.65. The summed E-state index contributed by atoms with van der Waals surface area (Å²) in [6.45, 7) is 0. The molecule has 6 nitrogen and oxygen atoms in total. The summed E-state index contributed by atoms with van der Waals surface area (Å²) in [5, 5.41) is 3.96. The van der Waals surface area contributed by atoms with Gasteiger partial charge in [-0.2, -0.15) is 0 Å². The molecule has 1 heterocycles. The molecule has 1 amide bonds. The van der Waals surface area contributed by atoms with E-state index in [1.165, 1.54) is 29.5 Å². The smallest absolute Gasteiger partial charge is 0.261 e. The van der Waals surface area contributed by atoms with Gasteiger partial charge in [-0.15, -0.1) is 0 Å². The van der Waals surface area contributed by atoms with E-state index in [0.717, 1.165) is 0 Å². The van der Waals surface area contributed by atoms with Crippen LogP contribution in [0, 0.1) is 0 Å². The number of thiazole rings is 1. The number of nitrogens with zero attached hydrogens (tertiary/aromatic N) is 1. The number of anilines is 2. The standard InChI is InChI=1S/C20H13Cl2N3O3S2/c21-15-9-10-16(22)18-17(15)23-20(29-18)24-19(26)12-5-4-6-13(11-12)25-30(27,28)14-7-2-1-3-8-14/h1-11,25H,(H,23,24,26). The Morgan fingerprint density at radius 3 is 2.40 bits per heavy atom. The number of carbonyl (C=O) groups excluding carboxylic acids is 1. The lowest BCUT2D eigenvalue weighted by Crippen LogP contribution is -2.15. The van der Waals surface area contributed by atoms with Crippen LogP contribution in [0.15, 0.2) is 71.6 Å². The molecule has 30 heavy (non-hydrogen) atoms. The molecule has 0 unspecified atom stereocenters. The first-order valence-electron chi connectivity index (χ1n) is 8.57. The van der Waals surface area contributed by atoms with Gasteiger partial charge in [0, 0.05) is 11.3 Å². The predicted octanol–water partition coefficient (Wildman–Crippen LogP) is 5.66. The van der Waals surface area contributed by atoms with E-state index >= 15 is 0 Å². The van der Waals surface area contributed by atoms with Crippen molar-refractivity contribution in [1.29, 1.82) is 0 Å². The number of amides is 1. The summed E-state index contributed by atoms with van der Waals surface area (Å²) in [4.78, 5) is 17.1. The van der Waals surface area contributed by atoms with Gasteiger partial charge in [0.2, 0.25) is 0 Å². The van der Waals surface area contributed by atoms with Gasteiger partial charge in [0.1, 0.15) is 5.52 Å². The van der Waals surface area contributed by atoms with Gasteiger partial charge in [0.05, 0.1) is 19.6 Å². The minimum Gasteiger partial charge on any atom is -0.298 e. The van der Waals surface area contributed by atoms with Crippen LogP contribution in [0.25, 0.3) is 10.2 Å². The number of fused-ring (bicyclic) bond motifs is 1. The van der Waals surface area contributed by atoms with E-state index in [9.17, 15) is 13.2 Å². The zero-order valence-electron chi connectivity index (χ0n) is 15.1. The molecule has 0 aliphatic heterocycles. The number of benzene rings is 3. The van der Waals surface area contributed by atoms with Gasteiger partial charge in [-0.05, 0) is 42.5 Å². The van der Waals surface area contributed by atoms with Crippen molar-refractivity contribution in [2.24, 2.45) is 0 Å². The van der Waals surface area contributed by atoms with Crippen molar-refractivity contribution in [2.75, 3.05) is 10.0 Å². The van der Waals surface area contributed by atoms with Crippen LogP contribution >= 0.6 is 34.5 Å². The maximum absolute atomic E-state index is 12.7. The van der Waals surface area contributed by atoms with Crippen LogP contribution in [0.1, 0.15) is 10.4 Å². The number of carbonyl (C=O) groups is 1. The lowest BCUT2D eigenvalue weighted by Gasteiger charge is -2.09. The fourth-order valence-electron chi connectivity index (χ4n) is 2.71. The number of hydrogen-bond donors (Lipinski definition) is 2. The fourth-order valence-corrected chi connectivity index (χ4v) is 5.19. The highest BCUT2D eigenvalue weighted by molar-refractivity contribution is 7.92. The predicted molar refractivity (Wildman–Crippen MR) is 121 cm³/mol. The van der Waals surface area contributed by atoms with Crippen LogP contribution in [0.4, 0.5) is 10.8 Å². The Balaban J connectivity index is 1.56. The third-order valence-corrected chi connectivity index (χ3v) is 7.23. The van der Waals surface area contributed by atoms with Gasteiger partial charge in [-0.1, -0.05) is 58.8 Å². The monoisotopic (exact) mass is 477 g/mol. The van der Waals surface area contributed by atoms with Crippen LogP contribution in [-0.2, 0) is 10.0 Å². The molecule has 4 aromatic rings. The molecule has 3 aromatic carbocycles. The number of aromatic nitrogens is 1. The van der Waals surface area contributed by atoms with Crippen molar-refractivity contribution in [2.45, 2.75) is 4.90 Å². The fraction of sp³-hybridized carbons (Fsp3) is 0. The maximum atomic E-state index is 12.7. The zero-order valence-corrected chi connectivity index (χ0v) is 18.2. The quantitative estimate of drug-likeness (QED) is 0.388. The largest absolute Gasteiger partial charge is 0.298 e. The number of nitrogens with one attached hydrogen (secondary N) is 2. The normalized spacial score (nSPS) is 11.4. The second-order valence-electron chi connectivity index (χ2n) is 6.18. The first kappa shape index (κ1) is 20.6. The molecule has 0 atom stereocenters. The lowest BCUT2D eigenvalue weighted by atomic mass is 10.2. The molecule has 4 rings (SSSR count). The van der Waals surface area contributed by atoms with Crippen LogP contribution in [0.2, 0.25) is 10.0 Å². The summed E-state index contributed by atoms with van der Waals surface area (Å²) >= 11 is 13.5. The molecule has 0 radical (unpaired) electrons. The molecule has 0 aliphatic rings. The molecule has 0 bridgehead atoms. The Morgan fingerprint density at radius 2 is 1.67 bits per heavy atom. The number of sulfonamides is 1. The third kappa shape index (κ3) is 4.27. The van der Waals surface area contributed by atoms with Crippen molar-refractivity contribution in [3.05, 3.63) is 82.3 Å². The first-order chi connectivity index (χ1) is 14.3. The van der Waals surface area contributed by atoms with Gasteiger partial charge < -0.3 is 0 Å². The summed E-state index contributed by atoms with van der Waals surface area (Å²) in [7, 11) is -3.76. The Morgan fingerprint density at radius 1 is 0.933 bits per heavy atom. The van der Waals surface area contributed by atoms with Crippen molar-refractivity contribution >= 4 is 71.5 Å². The summed E-state index contributed by atoms with van der Waals surface area (Å²) in [5.74, 6) is -0.443. The maximum Gasteiger partial charge on any atom is 0.261 e. The molecular weight excluding hydrogens is 465 g/mol. The van der Waals surface area contributed by atoms with Crippen molar-refractivity contribution < 1.29 is 13.2 Å². The van der Waals surface area contributed by atoms with Crippen LogP contribution < -0.4 is 10.0 Å². The van der Waals surface area contributed by atoms with E-state index < -0.39 is 15.9 Å². The number of rotatable bonds is 5. The minimum absolute atomic E-state index is 0.128. The Kier molecular flexibility index (Phi) is 5.66. The minimum atomic E-state index is -3.76. The summed E-state index contributed by atoms with van der Waals surface area (Å²) < 4.78 is 28.1. The van der Waals surface area contributed by atoms with Crippen LogP contribution in [0.3, 0.4) is 0 Å². The molecule has 10 heteroatoms. The van der Waals surface area contributed by atoms with E-state index in [0.29, 0.717) is 25.4 Å². The molecule has 0 saturated heterocycles. The number of halogens is 2. The van der Waals surface area contributed by atoms with Crippen molar-refractivity contribution in [1.82, 2.24) is 4.98 Å². The van der Waals surface area contributed by atoms with Crippen LogP contribution in [0.5, 0.6) is 0 Å². The Labute approximate surface area is 186 Å². The van der Waals surface area contributed by atoms with E-state index in [2.05, 4.69) is 15.0 Å². The average molecular weight is 478 g/mol. The van der Waals surface area contributed by atoms with Crippen molar-refractivity contribution in [3.8, 4) is 0 Å². The van der Waals surface area contributed by atoms with Gasteiger partial charge in [0.25, 0.3) is 15.9 Å². The second-order valence-corrected chi connectivity index (χ2v) is 9.68. The van der Waals surface area contributed by atoms with Crippen molar-refractivity contribution in [3.63, 3.8) is 0 Å². The van der Waals surface area contributed by atoms with Gasteiger partial charge in [0.15, 0.2) is 5.13 Å². The third-order valence-electron chi connectivity index (χ3n) is 4.10. The molecule has 2 N–H and O–H groups in total. The average Bonchev–Trinajstić information content (AvgIpc) is 3.16. The molecule has 0 aliphatic carbocycles. The molecule has 0 spiro atoms. The topological polar surface area (TPSA) is 88.2 Å². The second kappa shape index (κ2) is 8.23.